The van der Waals surface area contributed by atoms with Gasteiger partial charge in [0.25, 0.3) is 0 Å². The molecule has 2 saturated carbocycles. The van der Waals surface area contributed by atoms with Crippen LogP contribution in [0.15, 0.2) is 18.2 Å². The van der Waals surface area contributed by atoms with E-state index in [1.165, 1.54) is 12.8 Å². The summed E-state index contributed by atoms with van der Waals surface area (Å²) in [5.41, 5.74) is 1.57. The highest BCUT2D eigenvalue weighted by Gasteiger charge is 2.46. The van der Waals surface area contributed by atoms with Crippen LogP contribution in [0.4, 0.5) is 5.69 Å². The van der Waals surface area contributed by atoms with Crippen LogP contribution >= 0.6 is 0 Å². The fourth-order valence-electron chi connectivity index (χ4n) is 4.27. The van der Waals surface area contributed by atoms with Crippen LogP contribution in [0.1, 0.15) is 44.1 Å². The van der Waals surface area contributed by atoms with Gasteiger partial charge in [-0.05, 0) is 62.6 Å². The van der Waals surface area contributed by atoms with E-state index < -0.39 is 0 Å². The van der Waals surface area contributed by atoms with Crippen LogP contribution in [0.3, 0.4) is 0 Å². The molecule has 0 atom stereocenters. The Morgan fingerprint density at radius 2 is 2.08 bits per heavy atom. The van der Waals surface area contributed by atoms with Gasteiger partial charge in [0.2, 0.25) is 0 Å². The largest absolute Gasteiger partial charge is 0.489 e. The quantitative estimate of drug-likeness (QED) is 0.887. The highest BCUT2D eigenvalue weighted by atomic mass is 16.6. The SMILES string of the molecule is N#Cc1cc(NCC2CC3(COCCO3)C2)ccc1OC1CCCC1. The summed E-state index contributed by atoms with van der Waals surface area (Å²) in [6.07, 6.45) is 7.02. The molecule has 1 heterocycles. The van der Waals surface area contributed by atoms with Crippen LogP contribution in [-0.4, -0.2) is 38.1 Å². The van der Waals surface area contributed by atoms with E-state index in [4.69, 9.17) is 14.2 Å². The number of rotatable bonds is 5. The van der Waals surface area contributed by atoms with Crippen molar-refractivity contribution in [2.24, 2.45) is 5.92 Å². The summed E-state index contributed by atoms with van der Waals surface area (Å²) in [4.78, 5) is 0. The zero-order chi connectivity index (χ0) is 17.1. The van der Waals surface area contributed by atoms with Crippen LogP contribution < -0.4 is 10.1 Å². The standard InChI is InChI=1S/C20H26N2O3/c21-12-16-9-17(5-6-19(16)25-18-3-1-2-4-18)22-13-15-10-20(11-15)14-23-7-8-24-20/h5-6,9,15,18,22H,1-4,7-8,10-11,13-14H2. The molecule has 1 spiro atoms. The molecule has 4 rings (SSSR count). The molecule has 1 saturated heterocycles. The van der Waals surface area contributed by atoms with Gasteiger partial charge in [-0.15, -0.1) is 0 Å². The first-order chi connectivity index (χ1) is 12.3. The predicted octanol–water partition coefficient (Wildman–Crippen LogP) is 3.49. The van der Waals surface area contributed by atoms with Crippen LogP contribution in [0, 0.1) is 17.2 Å². The lowest BCUT2D eigenvalue weighted by atomic mass is 9.71. The minimum absolute atomic E-state index is 0.0264. The number of benzene rings is 1. The van der Waals surface area contributed by atoms with E-state index in [1.807, 2.05) is 18.2 Å². The van der Waals surface area contributed by atoms with Crippen LogP contribution in [0.5, 0.6) is 5.75 Å². The van der Waals surface area contributed by atoms with E-state index in [0.717, 1.165) is 56.9 Å². The van der Waals surface area contributed by atoms with Gasteiger partial charge in [-0.25, -0.2) is 0 Å². The fraction of sp³-hybridized carbons (Fsp3) is 0.650. The minimum atomic E-state index is -0.0264. The van der Waals surface area contributed by atoms with Crippen molar-refractivity contribution in [3.05, 3.63) is 23.8 Å². The third-order valence-corrected chi connectivity index (χ3v) is 5.61. The smallest absolute Gasteiger partial charge is 0.137 e. The van der Waals surface area contributed by atoms with Gasteiger partial charge in [0.1, 0.15) is 11.8 Å². The average Bonchev–Trinajstić information content (AvgIpc) is 3.13. The van der Waals surface area contributed by atoms with Gasteiger partial charge in [-0.3, -0.25) is 0 Å². The Kier molecular flexibility index (Phi) is 4.82. The third kappa shape index (κ3) is 3.75. The molecule has 134 valence electrons. The summed E-state index contributed by atoms with van der Waals surface area (Å²) in [6, 6.07) is 8.12. The zero-order valence-corrected chi connectivity index (χ0v) is 14.6. The van der Waals surface area contributed by atoms with Crippen LogP contribution in [0.2, 0.25) is 0 Å². The second kappa shape index (κ2) is 7.23. The summed E-state index contributed by atoms with van der Waals surface area (Å²) < 4.78 is 17.4. The maximum atomic E-state index is 9.43. The molecule has 2 aliphatic carbocycles. The van der Waals surface area contributed by atoms with Gasteiger partial charge in [0.15, 0.2) is 0 Å². The molecular weight excluding hydrogens is 316 g/mol. The lowest BCUT2D eigenvalue weighted by Crippen LogP contribution is -2.54. The molecule has 1 aromatic rings. The second-order valence-electron chi connectivity index (χ2n) is 7.59. The molecule has 1 N–H and O–H groups in total. The molecule has 5 heteroatoms. The molecule has 0 bridgehead atoms. The normalized spacial score (nSPS) is 29.2. The molecule has 1 aromatic carbocycles. The van der Waals surface area contributed by atoms with Gasteiger partial charge in [0.05, 0.1) is 37.1 Å². The van der Waals surface area contributed by atoms with Crippen molar-refractivity contribution in [3.63, 3.8) is 0 Å². The number of hydrogen-bond acceptors (Lipinski definition) is 5. The average molecular weight is 342 g/mol. The number of nitrogens with zero attached hydrogens (tertiary/aromatic N) is 1. The van der Waals surface area contributed by atoms with Crippen molar-refractivity contribution in [2.45, 2.75) is 50.2 Å². The molecule has 0 aromatic heterocycles. The molecule has 3 aliphatic rings. The first-order valence-electron chi connectivity index (χ1n) is 9.43. The van der Waals surface area contributed by atoms with Crippen molar-refractivity contribution in [1.29, 1.82) is 5.26 Å². The van der Waals surface area contributed by atoms with Crippen LogP contribution in [-0.2, 0) is 9.47 Å². The fourth-order valence-corrected chi connectivity index (χ4v) is 4.27. The van der Waals surface area contributed by atoms with Gasteiger partial charge in [0, 0.05) is 12.2 Å². The highest BCUT2D eigenvalue weighted by Crippen LogP contribution is 2.42. The number of ether oxygens (including phenoxy) is 3. The Bertz CT molecular complexity index is 635. The first kappa shape index (κ1) is 16.7. The van der Waals surface area contributed by atoms with Crippen molar-refractivity contribution in [1.82, 2.24) is 0 Å². The van der Waals surface area contributed by atoms with Gasteiger partial charge >= 0.3 is 0 Å². The minimum Gasteiger partial charge on any atom is -0.489 e. The van der Waals surface area contributed by atoms with Crippen LogP contribution in [0.25, 0.3) is 0 Å². The second-order valence-corrected chi connectivity index (χ2v) is 7.59. The van der Waals surface area contributed by atoms with E-state index in [9.17, 15) is 5.26 Å². The third-order valence-electron chi connectivity index (χ3n) is 5.61. The van der Waals surface area contributed by atoms with E-state index in [0.29, 0.717) is 18.1 Å². The Morgan fingerprint density at radius 3 is 2.80 bits per heavy atom. The molecule has 3 fully saturated rings. The maximum absolute atomic E-state index is 9.43. The Balaban J connectivity index is 1.30. The number of nitriles is 1. The van der Waals surface area contributed by atoms with Gasteiger partial charge in [-0.2, -0.15) is 5.26 Å². The van der Waals surface area contributed by atoms with Gasteiger partial charge < -0.3 is 19.5 Å². The molecule has 0 unspecified atom stereocenters. The van der Waals surface area contributed by atoms with E-state index >= 15 is 0 Å². The molecule has 25 heavy (non-hydrogen) atoms. The topological polar surface area (TPSA) is 63.5 Å². The van der Waals surface area contributed by atoms with Crippen molar-refractivity contribution in [2.75, 3.05) is 31.7 Å². The summed E-state index contributed by atoms with van der Waals surface area (Å²) >= 11 is 0. The monoisotopic (exact) mass is 342 g/mol. The Hall–Kier alpha value is -1.77. The number of nitrogens with one attached hydrogen (secondary N) is 1. The zero-order valence-electron chi connectivity index (χ0n) is 14.6. The highest BCUT2D eigenvalue weighted by molar-refractivity contribution is 5.55. The van der Waals surface area contributed by atoms with Crippen molar-refractivity contribution in [3.8, 4) is 11.8 Å². The number of hydrogen-bond donors (Lipinski definition) is 1. The maximum Gasteiger partial charge on any atom is 0.137 e. The summed E-state index contributed by atoms with van der Waals surface area (Å²) in [7, 11) is 0. The molecule has 1 aliphatic heterocycles. The van der Waals surface area contributed by atoms with E-state index in [-0.39, 0.29) is 11.7 Å². The lowest BCUT2D eigenvalue weighted by molar-refractivity contribution is -0.207. The van der Waals surface area contributed by atoms with E-state index in [1.54, 1.807) is 0 Å². The molecule has 0 amide bonds. The molecular formula is C20H26N2O3. The Labute approximate surface area is 149 Å². The first-order valence-corrected chi connectivity index (χ1v) is 9.43. The summed E-state index contributed by atoms with van der Waals surface area (Å²) in [5.74, 6) is 1.32. The number of anilines is 1. The van der Waals surface area contributed by atoms with E-state index in [2.05, 4.69) is 11.4 Å². The summed E-state index contributed by atoms with van der Waals surface area (Å²) in [5, 5.41) is 12.9. The van der Waals surface area contributed by atoms with Gasteiger partial charge in [-0.1, -0.05) is 0 Å². The van der Waals surface area contributed by atoms with Crippen molar-refractivity contribution < 1.29 is 14.2 Å². The molecule has 0 radical (unpaired) electrons. The predicted molar refractivity (Wildman–Crippen MR) is 94.8 cm³/mol. The van der Waals surface area contributed by atoms with Crippen molar-refractivity contribution >= 4 is 5.69 Å². The lowest BCUT2D eigenvalue weighted by Gasteiger charge is -2.49. The molecule has 5 nitrogen and oxygen atoms in total. The summed E-state index contributed by atoms with van der Waals surface area (Å²) in [6.45, 7) is 3.07. The Morgan fingerprint density at radius 1 is 1.24 bits per heavy atom.